The topological polar surface area (TPSA) is 75.7 Å². The van der Waals surface area contributed by atoms with Crippen LogP contribution >= 0.6 is 43.5 Å². The number of halogens is 3. The highest BCUT2D eigenvalue weighted by atomic mass is 79.9. The zero-order valence-electron chi connectivity index (χ0n) is 18.5. The average molecular weight is 619 g/mol. The number of benzene rings is 3. The van der Waals surface area contributed by atoms with E-state index in [1.807, 2.05) is 31.2 Å². The van der Waals surface area contributed by atoms with E-state index in [1.165, 1.54) is 12.1 Å². The quantitative estimate of drug-likeness (QED) is 0.252. The van der Waals surface area contributed by atoms with Gasteiger partial charge in [0, 0.05) is 20.9 Å². The minimum Gasteiger partial charge on any atom is -0.494 e. The molecule has 0 atom stereocenters. The summed E-state index contributed by atoms with van der Waals surface area (Å²) in [5.74, 6) is -0.930. The highest BCUT2D eigenvalue weighted by molar-refractivity contribution is 9.10. The number of rotatable bonds is 6. The number of amides is 4. The molecule has 1 fully saturated rings. The van der Waals surface area contributed by atoms with Gasteiger partial charge in [0.25, 0.3) is 11.8 Å². The van der Waals surface area contributed by atoms with Crippen molar-refractivity contribution < 1.29 is 19.1 Å². The van der Waals surface area contributed by atoms with Crippen molar-refractivity contribution in [1.29, 1.82) is 0 Å². The van der Waals surface area contributed by atoms with Crippen LogP contribution in [0.1, 0.15) is 23.6 Å². The van der Waals surface area contributed by atoms with Crippen molar-refractivity contribution >= 4 is 73.1 Å². The summed E-state index contributed by atoms with van der Waals surface area (Å²) < 4.78 is 7.63. The molecule has 0 spiro atoms. The van der Waals surface area contributed by atoms with Crippen LogP contribution in [0, 0.1) is 0 Å². The van der Waals surface area contributed by atoms with Crippen LogP contribution < -0.4 is 15.0 Å². The first-order chi connectivity index (χ1) is 16.8. The molecule has 0 aliphatic carbocycles. The smallest absolute Gasteiger partial charge is 0.335 e. The summed E-state index contributed by atoms with van der Waals surface area (Å²) in [6, 6.07) is 17.1. The Morgan fingerprint density at radius 1 is 1.00 bits per heavy atom. The molecule has 3 aromatic rings. The summed E-state index contributed by atoms with van der Waals surface area (Å²) in [4.78, 5) is 39.1. The molecule has 1 saturated heterocycles. The number of barbiturate groups is 1. The second kappa shape index (κ2) is 10.8. The zero-order chi connectivity index (χ0) is 25.1. The summed E-state index contributed by atoms with van der Waals surface area (Å²) in [5, 5.41) is 2.42. The molecule has 6 nitrogen and oxygen atoms in total. The van der Waals surface area contributed by atoms with Gasteiger partial charge in [0.2, 0.25) is 0 Å². The summed E-state index contributed by atoms with van der Waals surface area (Å²) >= 11 is 13.4. The molecular weight excluding hydrogens is 600 g/mol. The molecule has 178 valence electrons. The number of anilines is 1. The van der Waals surface area contributed by atoms with Gasteiger partial charge in [0.05, 0.1) is 17.3 Å². The van der Waals surface area contributed by atoms with Crippen LogP contribution in [0.5, 0.6) is 5.75 Å². The van der Waals surface area contributed by atoms with Gasteiger partial charge in [-0.3, -0.25) is 14.9 Å². The molecule has 1 N–H and O–H groups in total. The number of nitrogens with one attached hydrogen (secondary N) is 1. The van der Waals surface area contributed by atoms with Crippen LogP contribution in [0.25, 0.3) is 6.08 Å². The molecule has 1 aliphatic rings. The Kier molecular flexibility index (Phi) is 7.74. The number of imide groups is 2. The lowest BCUT2D eigenvalue weighted by molar-refractivity contribution is -0.122. The van der Waals surface area contributed by atoms with Gasteiger partial charge < -0.3 is 4.74 Å². The van der Waals surface area contributed by atoms with Crippen molar-refractivity contribution in [1.82, 2.24) is 5.32 Å². The van der Waals surface area contributed by atoms with Gasteiger partial charge in [-0.1, -0.05) is 73.8 Å². The van der Waals surface area contributed by atoms with Crippen molar-refractivity contribution in [2.75, 3.05) is 11.5 Å². The molecule has 35 heavy (non-hydrogen) atoms. The molecule has 1 heterocycles. The molecule has 9 heteroatoms. The lowest BCUT2D eigenvalue weighted by Gasteiger charge is -2.27. The van der Waals surface area contributed by atoms with Crippen molar-refractivity contribution in [3.8, 4) is 5.75 Å². The van der Waals surface area contributed by atoms with Gasteiger partial charge >= 0.3 is 6.03 Å². The molecular formula is C26H19Br2ClN2O4. The fourth-order valence-corrected chi connectivity index (χ4v) is 4.92. The molecule has 4 amide bonds. The van der Waals surface area contributed by atoms with E-state index < -0.39 is 17.8 Å². The van der Waals surface area contributed by atoms with Crippen molar-refractivity contribution in [2.24, 2.45) is 0 Å². The number of carbonyl (C=O) groups is 3. The molecule has 0 unspecified atom stereocenters. The number of nitrogens with zero attached hydrogens (tertiary/aromatic N) is 1. The molecule has 0 bridgehead atoms. The Morgan fingerprint density at radius 3 is 2.43 bits per heavy atom. The largest absolute Gasteiger partial charge is 0.494 e. The Hall–Kier alpha value is -2.94. The monoisotopic (exact) mass is 616 g/mol. The Morgan fingerprint density at radius 2 is 1.71 bits per heavy atom. The molecule has 0 aromatic heterocycles. The van der Waals surface area contributed by atoms with Crippen LogP contribution in [0.2, 0.25) is 5.02 Å². The fourth-order valence-electron chi connectivity index (χ4n) is 3.68. The number of carbonyl (C=O) groups excluding carboxylic acids is 3. The lowest BCUT2D eigenvalue weighted by atomic mass is 10.0. The predicted octanol–water partition coefficient (Wildman–Crippen LogP) is 6.52. The fraction of sp³-hybridized carbons (Fsp3) is 0.115. The third-order valence-corrected chi connectivity index (χ3v) is 7.11. The minimum absolute atomic E-state index is 0.190. The van der Waals surface area contributed by atoms with Gasteiger partial charge in [-0.2, -0.15) is 0 Å². The zero-order valence-corrected chi connectivity index (χ0v) is 22.4. The lowest BCUT2D eigenvalue weighted by Crippen LogP contribution is -2.54. The van der Waals surface area contributed by atoms with Crippen LogP contribution in [0.15, 0.2) is 75.2 Å². The van der Waals surface area contributed by atoms with Crippen LogP contribution in [0.3, 0.4) is 0 Å². The van der Waals surface area contributed by atoms with E-state index in [2.05, 4.69) is 37.2 Å². The highest BCUT2D eigenvalue weighted by Crippen LogP contribution is 2.34. The average Bonchev–Trinajstić information content (AvgIpc) is 2.81. The number of hydrogen-bond acceptors (Lipinski definition) is 4. The SMILES string of the molecule is CCOc1cc(/C=C2\C(=O)NC(=O)N(c3ccccc3Cl)C2=O)cc(Br)c1Cc1ccccc1Br. The van der Waals surface area contributed by atoms with E-state index in [9.17, 15) is 14.4 Å². The van der Waals surface area contributed by atoms with Crippen LogP contribution in [-0.2, 0) is 16.0 Å². The van der Waals surface area contributed by atoms with Gasteiger partial charge in [-0.15, -0.1) is 0 Å². The standard InChI is InChI=1S/C26H19Br2ClN2O4/c1-2-35-23-13-15(12-20(28)17(23)14-16-7-3-4-8-19(16)27)11-18-24(32)30-26(34)31(25(18)33)22-10-6-5-9-21(22)29/h3-13H,2,14H2,1H3,(H,30,32,34)/b18-11+. The first-order valence-corrected chi connectivity index (χ1v) is 12.6. The van der Waals surface area contributed by atoms with Gasteiger partial charge in [-0.25, -0.2) is 9.69 Å². The van der Waals surface area contributed by atoms with E-state index in [1.54, 1.807) is 30.3 Å². The van der Waals surface area contributed by atoms with E-state index in [0.29, 0.717) is 24.3 Å². The number of ether oxygens (including phenoxy) is 1. The van der Waals surface area contributed by atoms with Crippen LogP contribution in [-0.4, -0.2) is 24.5 Å². The third-order valence-electron chi connectivity index (χ3n) is 5.31. The van der Waals surface area contributed by atoms with Crippen molar-refractivity contribution in [3.63, 3.8) is 0 Å². The number of urea groups is 1. The Balaban J connectivity index is 1.74. The summed E-state index contributed by atoms with van der Waals surface area (Å²) in [6.07, 6.45) is 2.03. The van der Waals surface area contributed by atoms with E-state index in [0.717, 1.165) is 25.0 Å². The van der Waals surface area contributed by atoms with E-state index >= 15 is 0 Å². The highest BCUT2D eigenvalue weighted by Gasteiger charge is 2.37. The van der Waals surface area contributed by atoms with Gasteiger partial charge in [-0.05, 0) is 54.5 Å². The second-order valence-electron chi connectivity index (χ2n) is 7.59. The number of hydrogen-bond donors (Lipinski definition) is 1. The normalized spacial score (nSPS) is 14.9. The Labute approximate surface area is 224 Å². The second-order valence-corrected chi connectivity index (χ2v) is 9.71. The van der Waals surface area contributed by atoms with E-state index in [-0.39, 0.29) is 16.3 Å². The van der Waals surface area contributed by atoms with E-state index in [4.69, 9.17) is 16.3 Å². The van der Waals surface area contributed by atoms with Crippen molar-refractivity contribution in [3.05, 3.63) is 96.9 Å². The minimum atomic E-state index is -0.856. The summed E-state index contributed by atoms with van der Waals surface area (Å²) in [7, 11) is 0. The first-order valence-electron chi connectivity index (χ1n) is 10.6. The molecule has 0 radical (unpaired) electrons. The maximum Gasteiger partial charge on any atom is 0.335 e. The summed E-state index contributed by atoms with van der Waals surface area (Å²) in [6.45, 7) is 2.32. The first kappa shape index (κ1) is 25.2. The number of para-hydroxylation sites is 1. The third kappa shape index (κ3) is 5.34. The summed E-state index contributed by atoms with van der Waals surface area (Å²) in [5.41, 5.74) is 2.56. The Bertz CT molecular complexity index is 1370. The molecule has 1 aliphatic heterocycles. The van der Waals surface area contributed by atoms with Gasteiger partial charge in [0.1, 0.15) is 11.3 Å². The maximum atomic E-state index is 13.2. The van der Waals surface area contributed by atoms with Crippen LogP contribution in [0.4, 0.5) is 10.5 Å². The molecule has 3 aromatic carbocycles. The molecule has 0 saturated carbocycles. The van der Waals surface area contributed by atoms with Crippen molar-refractivity contribution in [2.45, 2.75) is 13.3 Å². The molecule has 4 rings (SSSR count). The predicted molar refractivity (Wildman–Crippen MR) is 143 cm³/mol. The maximum absolute atomic E-state index is 13.2. The van der Waals surface area contributed by atoms with Gasteiger partial charge in [0.15, 0.2) is 0 Å².